The van der Waals surface area contributed by atoms with Gasteiger partial charge < -0.3 is 10.0 Å². The molecule has 3 atom stereocenters. The second-order valence-electron chi connectivity index (χ2n) is 7.81. The van der Waals surface area contributed by atoms with Crippen molar-refractivity contribution in [3.63, 3.8) is 0 Å². The second-order valence-corrected chi connectivity index (χ2v) is 7.81. The lowest BCUT2D eigenvalue weighted by Crippen LogP contribution is -2.57. The molecule has 0 amide bonds. The van der Waals surface area contributed by atoms with E-state index in [0.29, 0.717) is 12.0 Å². The van der Waals surface area contributed by atoms with Gasteiger partial charge in [0, 0.05) is 36.8 Å². The molecule has 0 radical (unpaired) electrons. The van der Waals surface area contributed by atoms with E-state index in [0.717, 1.165) is 43.1 Å². The molecule has 22 heavy (non-hydrogen) atoms. The number of piperazine rings is 1. The third-order valence-corrected chi connectivity index (χ3v) is 5.13. The summed E-state index contributed by atoms with van der Waals surface area (Å²) in [5, 5.41) is 10.2. The van der Waals surface area contributed by atoms with Gasteiger partial charge in [0.2, 0.25) is 0 Å². The van der Waals surface area contributed by atoms with E-state index in [1.54, 1.807) is 6.33 Å². The highest BCUT2D eigenvalue weighted by Gasteiger charge is 2.36. The van der Waals surface area contributed by atoms with Gasteiger partial charge in [0.15, 0.2) is 0 Å². The number of rotatable bonds is 1. The Bertz CT molecular complexity index is 554. The van der Waals surface area contributed by atoms with Crippen molar-refractivity contribution in [1.82, 2.24) is 14.9 Å². The number of aromatic nitrogens is 2. The standard InChI is InChI=1S/C17H28N4O/c1-11-8-13(22)15-14(11)16(19-10-18-15)21-7-6-20(9-12(21)2)17(3,4)5/h10-13,22H,6-9H2,1-5H3/t11-,12+,13-/m1/s1. The van der Waals surface area contributed by atoms with E-state index >= 15 is 0 Å². The molecule has 0 spiro atoms. The van der Waals surface area contributed by atoms with Crippen molar-refractivity contribution in [3.8, 4) is 0 Å². The van der Waals surface area contributed by atoms with E-state index in [1.807, 2.05) is 0 Å². The largest absolute Gasteiger partial charge is 0.387 e. The van der Waals surface area contributed by atoms with E-state index in [4.69, 9.17) is 0 Å². The number of hydrogen-bond acceptors (Lipinski definition) is 5. The van der Waals surface area contributed by atoms with Crippen LogP contribution in [0.3, 0.4) is 0 Å². The summed E-state index contributed by atoms with van der Waals surface area (Å²) in [5.41, 5.74) is 2.20. The van der Waals surface area contributed by atoms with Gasteiger partial charge in [-0.2, -0.15) is 0 Å². The summed E-state index contributed by atoms with van der Waals surface area (Å²) in [6.07, 6.45) is 1.94. The molecule has 5 nitrogen and oxygen atoms in total. The van der Waals surface area contributed by atoms with Gasteiger partial charge in [-0.05, 0) is 40.0 Å². The maximum atomic E-state index is 10.2. The number of fused-ring (bicyclic) bond motifs is 1. The Labute approximate surface area is 133 Å². The zero-order valence-corrected chi connectivity index (χ0v) is 14.4. The molecule has 1 aliphatic carbocycles. The van der Waals surface area contributed by atoms with Crippen molar-refractivity contribution < 1.29 is 5.11 Å². The highest BCUT2D eigenvalue weighted by Crippen LogP contribution is 2.43. The van der Waals surface area contributed by atoms with Crippen LogP contribution in [0.15, 0.2) is 6.33 Å². The van der Waals surface area contributed by atoms with Crippen LogP contribution in [-0.2, 0) is 0 Å². The number of nitrogens with zero attached hydrogens (tertiary/aromatic N) is 4. The summed E-state index contributed by atoms with van der Waals surface area (Å²) in [6.45, 7) is 14.3. The van der Waals surface area contributed by atoms with Gasteiger partial charge in [-0.25, -0.2) is 9.97 Å². The lowest BCUT2D eigenvalue weighted by Gasteiger charge is -2.46. The van der Waals surface area contributed by atoms with E-state index in [9.17, 15) is 5.11 Å². The molecule has 2 heterocycles. The molecule has 1 aromatic rings. The summed E-state index contributed by atoms with van der Waals surface area (Å²) in [6, 6.07) is 0.414. The maximum absolute atomic E-state index is 10.2. The van der Waals surface area contributed by atoms with Crippen LogP contribution >= 0.6 is 0 Å². The van der Waals surface area contributed by atoms with E-state index in [2.05, 4.69) is 54.4 Å². The van der Waals surface area contributed by atoms with Crippen LogP contribution in [-0.4, -0.2) is 51.2 Å². The topological polar surface area (TPSA) is 52.5 Å². The predicted octanol–water partition coefficient (Wildman–Crippen LogP) is 2.33. The van der Waals surface area contributed by atoms with Crippen LogP contribution in [0.2, 0.25) is 0 Å². The molecular formula is C17H28N4O. The minimum atomic E-state index is -0.432. The van der Waals surface area contributed by atoms with Gasteiger partial charge >= 0.3 is 0 Å². The summed E-state index contributed by atoms with van der Waals surface area (Å²) < 4.78 is 0. The molecule has 0 aromatic carbocycles. The van der Waals surface area contributed by atoms with Gasteiger partial charge in [-0.3, -0.25) is 4.90 Å². The normalized spacial score (nSPS) is 29.7. The molecule has 122 valence electrons. The molecule has 1 aliphatic heterocycles. The van der Waals surface area contributed by atoms with Crippen molar-refractivity contribution in [3.05, 3.63) is 17.6 Å². The fourth-order valence-corrected chi connectivity index (χ4v) is 3.81. The van der Waals surface area contributed by atoms with Crippen molar-refractivity contribution in [2.45, 2.75) is 64.6 Å². The Morgan fingerprint density at radius 2 is 1.91 bits per heavy atom. The first-order valence-corrected chi connectivity index (χ1v) is 8.33. The summed E-state index contributed by atoms with van der Waals surface area (Å²) >= 11 is 0. The Morgan fingerprint density at radius 3 is 2.55 bits per heavy atom. The number of anilines is 1. The molecule has 1 aromatic heterocycles. The lowest BCUT2D eigenvalue weighted by molar-refractivity contribution is 0.112. The number of aliphatic hydroxyl groups excluding tert-OH is 1. The van der Waals surface area contributed by atoms with Crippen LogP contribution < -0.4 is 4.90 Å². The number of hydrogen-bond donors (Lipinski definition) is 1. The monoisotopic (exact) mass is 304 g/mol. The molecule has 1 saturated heterocycles. The van der Waals surface area contributed by atoms with Gasteiger partial charge in [-0.1, -0.05) is 6.92 Å². The minimum absolute atomic E-state index is 0.206. The quantitative estimate of drug-likeness (QED) is 0.863. The van der Waals surface area contributed by atoms with Gasteiger partial charge in [0.25, 0.3) is 0 Å². The SMILES string of the molecule is C[C@@H]1C[C@@H](O)c2ncnc(N3CCN(C(C)(C)C)C[C@@H]3C)c21. The smallest absolute Gasteiger partial charge is 0.136 e. The minimum Gasteiger partial charge on any atom is -0.387 e. The second kappa shape index (κ2) is 5.46. The third-order valence-electron chi connectivity index (χ3n) is 5.13. The van der Waals surface area contributed by atoms with Gasteiger partial charge in [0.1, 0.15) is 12.1 Å². The molecule has 1 fully saturated rings. The first kappa shape index (κ1) is 15.7. The first-order chi connectivity index (χ1) is 10.3. The van der Waals surface area contributed by atoms with Crippen molar-refractivity contribution in [2.24, 2.45) is 0 Å². The van der Waals surface area contributed by atoms with Gasteiger partial charge in [0.05, 0.1) is 11.8 Å². The summed E-state index contributed by atoms with van der Waals surface area (Å²) in [4.78, 5) is 13.8. The van der Waals surface area contributed by atoms with Crippen LogP contribution in [0.5, 0.6) is 0 Å². The van der Waals surface area contributed by atoms with Crippen LogP contribution in [0.4, 0.5) is 5.82 Å². The third kappa shape index (κ3) is 2.61. The fraction of sp³-hybridized carbons (Fsp3) is 0.765. The molecule has 1 N–H and O–H groups in total. The Kier molecular flexibility index (Phi) is 3.89. The average molecular weight is 304 g/mol. The summed E-state index contributed by atoms with van der Waals surface area (Å²) in [5.74, 6) is 1.36. The van der Waals surface area contributed by atoms with E-state index in [-0.39, 0.29) is 5.54 Å². The van der Waals surface area contributed by atoms with E-state index in [1.165, 1.54) is 0 Å². The molecule has 0 unspecified atom stereocenters. The van der Waals surface area contributed by atoms with Gasteiger partial charge in [-0.15, -0.1) is 0 Å². The van der Waals surface area contributed by atoms with E-state index < -0.39 is 6.10 Å². The van der Waals surface area contributed by atoms with Crippen molar-refractivity contribution >= 4 is 5.82 Å². The fourth-order valence-electron chi connectivity index (χ4n) is 3.81. The van der Waals surface area contributed by atoms with Crippen molar-refractivity contribution in [1.29, 1.82) is 0 Å². The molecule has 5 heteroatoms. The molecule has 3 rings (SSSR count). The summed E-state index contributed by atoms with van der Waals surface area (Å²) in [7, 11) is 0. The Morgan fingerprint density at radius 1 is 1.18 bits per heavy atom. The zero-order valence-electron chi connectivity index (χ0n) is 14.4. The first-order valence-electron chi connectivity index (χ1n) is 8.33. The van der Waals surface area contributed by atoms with Crippen molar-refractivity contribution in [2.75, 3.05) is 24.5 Å². The highest BCUT2D eigenvalue weighted by molar-refractivity contribution is 5.54. The maximum Gasteiger partial charge on any atom is 0.136 e. The van der Waals surface area contributed by atoms with Crippen LogP contribution in [0.1, 0.15) is 64.3 Å². The van der Waals surface area contributed by atoms with Crippen LogP contribution in [0.25, 0.3) is 0 Å². The molecule has 0 saturated carbocycles. The zero-order chi connectivity index (χ0) is 16.1. The highest BCUT2D eigenvalue weighted by atomic mass is 16.3. The molecule has 2 aliphatic rings. The Hall–Kier alpha value is -1.20. The predicted molar refractivity (Wildman–Crippen MR) is 88.2 cm³/mol. The molecule has 0 bridgehead atoms. The number of aliphatic hydroxyl groups is 1. The van der Waals surface area contributed by atoms with Crippen LogP contribution in [0, 0.1) is 0 Å². The Balaban J connectivity index is 1.88. The lowest BCUT2D eigenvalue weighted by atomic mass is 10.0. The molecular weight excluding hydrogens is 276 g/mol. The average Bonchev–Trinajstić information content (AvgIpc) is 2.73.